The van der Waals surface area contributed by atoms with Gasteiger partial charge in [0.15, 0.2) is 0 Å². The predicted octanol–water partition coefficient (Wildman–Crippen LogP) is 4.35. The molecule has 0 aliphatic rings. The van der Waals surface area contributed by atoms with E-state index < -0.39 is 30.9 Å². The molecule has 0 bridgehead atoms. The van der Waals surface area contributed by atoms with Crippen LogP contribution < -0.4 is 10.1 Å². The lowest BCUT2D eigenvalue weighted by atomic mass is 10.2. The highest BCUT2D eigenvalue weighted by atomic mass is 35.5. The third kappa shape index (κ3) is 7.07. The van der Waals surface area contributed by atoms with Crippen LogP contribution in [0, 0.1) is 0 Å². The van der Waals surface area contributed by atoms with Gasteiger partial charge in [-0.2, -0.15) is 21.9 Å². The van der Waals surface area contributed by atoms with Gasteiger partial charge in [-0.15, -0.1) is 5.11 Å². The fourth-order valence-corrected chi connectivity index (χ4v) is 3.90. The van der Waals surface area contributed by atoms with Gasteiger partial charge >= 0.3 is 0 Å². The molecule has 0 spiro atoms. The highest BCUT2D eigenvalue weighted by Gasteiger charge is 2.15. The average Bonchev–Trinajstić information content (AvgIpc) is 2.64. The first-order valence-corrected chi connectivity index (χ1v) is 12.0. The van der Waals surface area contributed by atoms with Gasteiger partial charge in [0.2, 0.25) is 0 Å². The zero-order valence-corrected chi connectivity index (χ0v) is 18.6. The summed E-state index contributed by atoms with van der Waals surface area (Å²) in [5, 5.41) is 10.8. The van der Waals surface area contributed by atoms with Crippen molar-refractivity contribution < 1.29 is 30.7 Å². The van der Waals surface area contributed by atoms with Crippen molar-refractivity contribution in [3.63, 3.8) is 0 Å². The van der Waals surface area contributed by atoms with Crippen LogP contribution in [0.15, 0.2) is 45.5 Å². The standard InChI is InChI=1S/C16H17Cl2N3O7S2/c1-19-14-8-12(18)13(9-15(14)28-5-2-6-29(22,23)24)21-20-10-3-4-11(17)16(7-10)30(25,26)27/h3-4,7-9,19H,2,5-6H2,1H3,(H,22,23,24)(H,25,26,27). The van der Waals surface area contributed by atoms with E-state index in [4.69, 9.17) is 32.5 Å². The number of nitrogens with zero attached hydrogens (tertiary/aromatic N) is 2. The van der Waals surface area contributed by atoms with Crippen molar-refractivity contribution in [2.24, 2.45) is 10.2 Å². The molecule has 3 N–H and O–H groups in total. The Morgan fingerprint density at radius 2 is 1.73 bits per heavy atom. The molecule has 2 aromatic rings. The number of azo groups is 1. The van der Waals surface area contributed by atoms with E-state index in [0.717, 1.165) is 6.07 Å². The van der Waals surface area contributed by atoms with E-state index in [1.165, 1.54) is 24.3 Å². The van der Waals surface area contributed by atoms with Crippen molar-refractivity contribution in [3.8, 4) is 5.75 Å². The van der Waals surface area contributed by atoms with Crippen LogP contribution in [0.1, 0.15) is 6.42 Å². The molecule has 0 radical (unpaired) electrons. The van der Waals surface area contributed by atoms with E-state index in [1.54, 1.807) is 7.05 Å². The summed E-state index contributed by atoms with van der Waals surface area (Å²) in [7, 11) is -6.99. The van der Waals surface area contributed by atoms with Gasteiger partial charge in [-0.05, 0) is 30.7 Å². The van der Waals surface area contributed by atoms with Crippen LogP contribution in [-0.4, -0.2) is 45.3 Å². The molecule has 2 aromatic carbocycles. The van der Waals surface area contributed by atoms with Gasteiger partial charge < -0.3 is 10.1 Å². The summed E-state index contributed by atoms with van der Waals surface area (Å²) in [4.78, 5) is -0.514. The minimum Gasteiger partial charge on any atom is -0.491 e. The van der Waals surface area contributed by atoms with E-state index in [2.05, 4.69) is 15.5 Å². The third-order valence-corrected chi connectivity index (χ3v) is 6.03. The van der Waals surface area contributed by atoms with Crippen LogP contribution in [-0.2, 0) is 20.2 Å². The molecule has 0 atom stereocenters. The molecule has 0 saturated carbocycles. The monoisotopic (exact) mass is 497 g/mol. The van der Waals surface area contributed by atoms with Crippen molar-refractivity contribution in [2.75, 3.05) is 24.7 Å². The normalized spacial score (nSPS) is 12.3. The number of hydrogen-bond acceptors (Lipinski definition) is 8. The number of nitrogens with one attached hydrogen (secondary N) is 1. The molecule has 0 heterocycles. The van der Waals surface area contributed by atoms with E-state index in [1.807, 2.05) is 0 Å². The number of halogens is 2. The highest BCUT2D eigenvalue weighted by Crippen LogP contribution is 2.37. The molecular weight excluding hydrogens is 481 g/mol. The summed E-state index contributed by atoms with van der Waals surface area (Å²) in [5.41, 5.74) is 0.783. The molecule has 10 nitrogen and oxygen atoms in total. The Morgan fingerprint density at radius 1 is 1.03 bits per heavy atom. The molecule has 0 unspecified atom stereocenters. The Morgan fingerprint density at radius 3 is 2.33 bits per heavy atom. The highest BCUT2D eigenvalue weighted by molar-refractivity contribution is 7.86. The second-order valence-corrected chi connectivity index (χ2v) is 9.60. The predicted molar refractivity (Wildman–Crippen MR) is 113 cm³/mol. The van der Waals surface area contributed by atoms with E-state index in [0.29, 0.717) is 11.4 Å². The minimum atomic E-state index is -4.53. The fraction of sp³-hybridized carbons (Fsp3) is 0.250. The third-order valence-electron chi connectivity index (χ3n) is 3.59. The van der Waals surface area contributed by atoms with Gasteiger partial charge in [0.25, 0.3) is 20.2 Å². The van der Waals surface area contributed by atoms with Crippen molar-refractivity contribution in [3.05, 3.63) is 40.4 Å². The maximum absolute atomic E-state index is 11.3. The second kappa shape index (κ2) is 9.90. The van der Waals surface area contributed by atoms with Crippen molar-refractivity contribution in [1.29, 1.82) is 0 Å². The molecule has 0 aromatic heterocycles. The van der Waals surface area contributed by atoms with Gasteiger partial charge in [-0.3, -0.25) is 9.11 Å². The number of ether oxygens (including phenoxy) is 1. The number of hydrogen-bond donors (Lipinski definition) is 3. The summed E-state index contributed by atoms with van der Waals surface area (Å²) in [6.07, 6.45) is 0.0602. The molecular formula is C16H17Cl2N3O7S2. The summed E-state index contributed by atoms with van der Waals surface area (Å²) in [6, 6.07) is 6.64. The smallest absolute Gasteiger partial charge is 0.296 e. The van der Waals surface area contributed by atoms with Crippen LogP contribution in [0.4, 0.5) is 17.1 Å². The lowest BCUT2D eigenvalue weighted by Crippen LogP contribution is -2.09. The average molecular weight is 498 g/mol. The molecule has 0 aliphatic carbocycles. The zero-order chi connectivity index (χ0) is 22.5. The van der Waals surface area contributed by atoms with E-state index in [9.17, 15) is 21.4 Å². The molecule has 164 valence electrons. The zero-order valence-electron chi connectivity index (χ0n) is 15.4. The van der Waals surface area contributed by atoms with Crippen LogP contribution in [0.25, 0.3) is 0 Å². The largest absolute Gasteiger partial charge is 0.491 e. The van der Waals surface area contributed by atoms with E-state index >= 15 is 0 Å². The first-order valence-electron chi connectivity index (χ1n) is 8.19. The number of anilines is 1. The Hall–Kier alpha value is -1.96. The maximum Gasteiger partial charge on any atom is 0.296 e. The summed E-state index contributed by atoms with van der Waals surface area (Å²) in [6.45, 7) is 0.00158. The Balaban J connectivity index is 2.27. The summed E-state index contributed by atoms with van der Waals surface area (Å²) >= 11 is 11.9. The molecule has 2 rings (SSSR count). The van der Waals surface area contributed by atoms with E-state index in [-0.39, 0.29) is 34.4 Å². The van der Waals surface area contributed by atoms with Gasteiger partial charge in [-0.25, -0.2) is 0 Å². The SMILES string of the molecule is CNc1cc(Cl)c(N=Nc2ccc(Cl)c(S(=O)(=O)O)c2)cc1OCCCS(=O)(=O)O. The van der Waals surface area contributed by atoms with Gasteiger partial charge in [0.05, 0.1) is 33.8 Å². The minimum absolute atomic E-state index is 0.00158. The first-order chi connectivity index (χ1) is 13.9. The molecule has 30 heavy (non-hydrogen) atoms. The lowest BCUT2D eigenvalue weighted by molar-refractivity contribution is 0.317. The van der Waals surface area contributed by atoms with Crippen molar-refractivity contribution in [2.45, 2.75) is 11.3 Å². The Labute approximate surface area is 183 Å². The van der Waals surface area contributed by atoms with Crippen LogP contribution >= 0.6 is 23.2 Å². The second-order valence-electron chi connectivity index (χ2n) is 5.83. The fourth-order valence-electron chi connectivity index (χ4n) is 2.22. The topological polar surface area (TPSA) is 155 Å². The number of benzene rings is 2. The van der Waals surface area contributed by atoms with Crippen LogP contribution in [0.3, 0.4) is 0 Å². The molecule has 0 fully saturated rings. The molecule has 0 amide bonds. The Bertz CT molecular complexity index is 1170. The van der Waals surface area contributed by atoms with Gasteiger partial charge in [0, 0.05) is 13.1 Å². The molecule has 0 saturated heterocycles. The van der Waals surface area contributed by atoms with Crippen LogP contribution in [0.2, 0.25) is 10.0 Å². The lowest BCUT2D eigenvalue weighted by Gasteiger charge is -2.12. The summed E-state index contributed by atoms with van der Waals surface area (Å²) < 4.78 is 67.7. The number of rotatable bonds is 9. The van der Waals surface area contributed by atoms with Gasteiger partial charge in [-0.1, -0.05) is 23.2 Å². The molecule has 14 heteroatoms. The first kappa shape index (κ1) is 24.3. The quantitative estimate of drug-likeness (QED) is 0.262. The molecule has 0 aliphatic heterocycles. The maximum atomic E-state index is 11.3. The van der Waals surface area contributed by atoms with Gasteiger partial charge in [0.1, 0.15) is 16.3 Å². The van der Waals surface area contributed by atoms with Crippen LogP contribution in [0.5, 0.6) is 5.75 Å². The summed E-state index contributed by atoms with van der Waals surface area (Å²) in [5.74, 6) is -0.143. The van der Waals surface area contributed by atoms with Crippen molar-refractivity contribution >= 4 is 60.5 Å². The van der Waals surface area contributed by atoms with Crippen molar-refractivity contribution in [1.82, 2.24) is 0 Å². The Kier molecular flexibility index (Phi) is 8.02.